The molecule has 2 aromatic rings. The summed E-state index contributed by atoms with van der Waals surface area (Å²) in [7, 11) is 0. The topological polar surface area (TPSA) is 21.3 Å². The van der Waals surface area contributed by atoms with Crippen LogP contribution in [0, 0.1) is 11.2 Å². The molecule has 0 amide bonds. The fourth-order valence-electron chi connectivity index (χ4n) is 1.98. The molecule has 0 aliphatic heterocycles. The van der Waals surface area contributed by atoms with E-state index in [1.165, 1.54) is 6.07 Å². The van der Waals surface area contributed by atoms with Crippen LogP contribution in [0.3, 0.4) is 0 Å². The van der Waals surface area contributed by atoms with Gasteiger partial charge in [-0.2, -0.15) is 0 Å². The van der Waals surface area contributed by atoms with Gasteiger partial charge in [-0.15, -0.1) is 0 Å². The van der Waals surface area contributed by atoms with Crippen LogP contribution in [0.1, 0.15) is 26.3 Å². The third-order valence-corrected chi connectivity index (χ3v) is 3.69. The number of halogens is 3. The van der Waals surface area contributed by atoms with E-state index < -0.39 is 0 Å². The maximum absolute atomic E-state index is 14.0. The molecule has 1 N–H and O–H groups in total. The first-order valence-electron chi connectivity index (χ1n) is 7.33. The standard InChI is InChI=1S/C18H20Cl2FNO/c1-18(2,3)11-23-10-12-7-8-15(21)16(9-12)22-17-13(19)5-4-6-14(17)20/h4-9,22H,10-11H2,1-3H3. The molecule has 0 fully saturated rings. The summed E-state index contributed by atoms with van der Waals surface area (Å²) in [4.78, 5) is 0. The van der Waals surface area contributed by atoms with Crippen LogP contribution in [0.25, 0.3) is 0 Å². The molecule has 124 valence electrons. The second kappa shape index (κ2) is 7.52. The summed E-state index contributed by atoms with van der Waals surface area (Å²) in [5.41, 5.74) is 1.77. The Hall–Kier alpha value is -1.29. The van der Waals surface area contributed by atoms with Gasteiger partial charge in [0.1, 0.15) is 5.82 Å². The lowest BCUT2D eigenvalue weighted by Crippen LogP contribution is -2.14. The number of benzene rings is 2. The molecule has 0 aromatic heterocycles. The largest absolute Gasteiger partial charge is 0.376 e. The summed E-state index contributed by atoms with van der Waals surface area (Å²) in [6, 6.07) is 9.95. The first-order valence-corrected chi connectivity index (χ1v) is 8.09. The van der Waals surface area contributed by atoms with Crippen LogP contribution in [0.5, 0.6) is 0 Å². The van der Waals surface area contributed by atoms with Gasteiger partial charge in [-0.3, -0.25) is 0 Å². The summed E-state index contributed by atoms with van der Waals surface area (Å²) in [6.45, 7) is 7.35. The molecule has 0 aliphatic carbocycles. The van der Waals surface area contributed by atoms with Crippen molar-refractivity contribution in [3.05, 3.63) is 57.8 Å². The van der Waals surface area contributed by atoms with E-state index in [2.05, 4.69) is 26.1 Å². The average molecular weight is 356 g/mol. The summed E-state index contributed by atoms with van der Waals surface area (Å²) in [5, 5.41) is 3.83. The molecule has 2 rings (SSSR count). The van der Waals surface area contributed by atoms with Gasteiger partial charge in [-0.05, 0) is 35.2 Å². The Bertz CT molecular complexity index is 663. The van der Waals surface area contributed by atoms with E-state index in [-0.39, 0.29) is 11.2 Å². The Morgan fingerprint density at radius 3 is 2.35 bits per heavy atom. The van der Waals surface area contributed by atoms with E-state index in [0.29, 0.717) is 34.6 Å². The van der Waals surface area contributed by atoms with Gasteiger partial charge in [0.25, 0.3) is 0 Å². The lowest BCUT2D eigenvalue weighted by molar-refractivity contribution is 0.0599. The van der Waals surface area contributed by atoms with Crippen molar-refractivity contribution >= 4 is 34.6 Å². The quantitative estimate of drug-likeness (QED) is 0.666. The predicted octanol–water partition coefficient (Wildman–Crippen LogP) is 6.44. The first-order chi connectivity index (χ1) is 10.8. The van der Waals surface area contributed by atoms with Crippen molar-refractivity contribution in [3.63, 3.8) is 0 Å². The summed E-state index contributed by atoms with van der Waals surface area (Å²) in [5.74, 6) is -0.374. The molecule has 5 heteroatoms. The van der Waals surface area contributed by atoms with Crippen LogP contribution in [-0.4, -0.2) is 6.61 Å². The Morgan fingerprint density at radius 2 is 1.74 bits per heavy atom. The third-order valence-electron chi connectivity index (χ3n) is 3.06. The maximum atomic E-state index is 14.0. The molecule has 0 heterocycles. The second-order valence-electron chi connectivity index (χ2n) is 6.59. The first kappa shape index (κ1) is 18.1. The van der Waals surface area contributed by atoms with E-state index in [1.807, 2.05) is 0 Å². The van der Waals surface area contributed by atoms with E-state index in [1.54, 1.807) is 30.3 Å². The molecule has 0 aliphatic rings. The number of hydrogen-bond acceptors (Lipinski definition) is 2. The minimum absolute atomic E-state index is 0.0895. The molecule has 0 atom stereocenters. The van der Waals surface area contributed by atoms with Gasteiger partial charge < -0.3 is 10.1 Å². The lowest BCUT2D eigenvalue weighted by atomic mass is 9.99. The molecule has 0 saturated carbocycles. The molecule has 0 bridgehead atoms. The SMILES string of the molecule is CC(C)(C)COCc1ccc(F)c(Nc2c(Cl)cccc2Cl)c1. The maximum Gasteiger partial charge on any atom is 0.146 e. The fraction of sp³-hybridized carbons (Fsp3) is 0.333. The van der Waals surface area contributed by atoms with Crippen LogP contribution in [0.2, 0.25) is 10.0 Å². The van der Waals surface area contributed by atoms with Gasteiger partial charge in [0.05, 0.1) is 34.6 Å². The highest BCUT2D eigenvalue weighted by Crippen LogP contribution is 2.33. The monoisotopic (exact) mass is 355 g/mol. The summed E-state index contributed by atoms with van der Waals surface area (Å²) >= 11 is 12.2. The van der Waals surface area contributed by atoms with E-state index in [4.69, 9.17) is 27.9 Å². The van der Waals surface area contributed by atoms with Crippen LogP contribution in [-0.2, 0) is 11.3 Å². The van der Waals surface area contributed by atoms with E-state index in [0.717, 1.165) is 5.56 Å². The number of rotatable bonds is 5. The number of ether oxygens (including phenoxy) is 1. The number of para-hydroxylation sites is 1. The molecule has 0 spiro atoms. The smallest absolute Gasteiger partial charge is 0.146 e. The van der Waals surface area contributed by atoms with Crippen molar-refractivity contribution < 1.29 is 9.13 Å². The van der Waals surface area contributed by atoms with Crippen molar-refractivity contribution in [3.8, 4) is 0 Å². The van der Waals surface area contributed by atoms with Gasteiger partial charge in [0.2, 0.25) is 0 Å². The zero-order valence-electron chi connectivity index (χ0n) is 13.4. The molecule has 2 aromatic carbocycles. The number of anilines is 2. The van der Waals surface area contributed by atoms with Gasteiger partial charge in [-0.1, -0.05) is 56.1 Å². The van der Waals surface area contributed by atoms with Crippen LogP contribution < -0.4 is 5.32 Å². The summed E-state index contributed by atoms with van der Waals surface area (Å²) in [6.07, 6.45) is 0. The Labute approximate surface area is 146 Å². The highest BCUT2D eigenvalue weighted by molar-refractivity contribution is 6.39. The van der Waals surface area contributed by atoms with E-state index in [9.17, 15) is 4.39 Å². The average Bonchev–Trinajstić information content (AvgIpc) is 2.44. The number of nitrogens with one attached hydrogen (secondary N) is 1. The predicted molar refractivity (Wildman–Crippen MR) is 95.3 cm³/mol. The minimum Gasteiger partial charge on any atom is -0.376 e. The Morgan fingerprint density at radius 1 is 1.09 bits per heavy atom. The van der Waals surface area contributed by atoms with Crippen molar-refractivity contribution in [1.29, 1.82) is 0 Å². The highest BCUT2D eigenvalue weighted by atomic mass is 35.5. The van der Waals surface area contributed by atoms with Crippen molar-refractivity contribution in [1.82, 2.24) is 0 Å². The van der Waals surface area contributed by atoms with Crippen LogP contribution in [0.15, 0.2) is 36.4 Å². The van der Waals surface area contributed by atoms with Crippen molar-refractivity contribution in [2.75, 3.05) is 11.9 Å². The zero-order chi connectivity index (χ0) is 17.0. The summed E-state index contributed by atoms with van der Waals surface area (Å²) < 4.78 is 19.7. The molecular weight excluding hydrogens is 336 g/mol. The van der Waals surface area contributed by atoms with Crippen LogP contribution >= 0.6 is 23.2 Å². The molecule has 2 nitrogen and oxygen atoms in total. The van der Waals surface area contributed by atoms with Gasteiger partial charge >= 0.3 is 0 Å². The van der Waals surface area contributed by atoms with Crippen molar-refractivity contribution in [2.45, 2.75) is 27.4 Å². The van der Waals surface area contributed by atoms with Gasteiger partial charge in [-0.25, -0.2) is 4.39 Å². The van der Waals surface area contributed by atoms with E-state index >= 15 is 0 Å². The molecule has 0 radical (unpaired) electrons. The van der Waals surface area contributed by atoms with Crippen LogP contribution in [0.4, 0.5) is 15.8 Å². The lowest BCUT2D eigenvalue weighted by Gasteiger charge is -2.18. The number of hydrogen-bond donors (Lipinski definition) is 1. The molecule has 0 saturated heterocycles. The molecule has 0 unspecified atom stereocenters. The highest BCUT2D eigenvalue weighted by Gasteiger charge is 2.12. The third kappa shape index (κ3) is 5.38. The van der Waals surface area contributed by atoms with Crippen molar-refractivity contribution in [2.24, 2.45) is 5.41 Å². The fourth-order valence-corrected chi connectivity index (χ4v) is 2.48. The Balaban J connectivity index is 2.15. The molecule has 23 heavy (non-hydrogen) atoms. The van der Waals surface area contributed by atoms with Gasteiger partial charge in [0, 0.05) is 0 Å². The zero-order valence-corrected chi connectivity index (χ0v) is 14.9. The normalized spacial score (nSPS) is 11.6. The minimum atomic E-state index is -0.374. The second-order valence-corrected chi connectivity index (χ2v) is 7.40. The Kier molecular flexibility index (Phi) is 5.90. The van der Waals surface area contributed by atoms with Gasteiger partial charge in [0.15, 0.2) is 0 Å². The molecular formula is C18H20Cl2FNO.